The Bertz CT molecular complexity index is 122. The van der Waals surface area contributed by atoms with Crippen molar-refractivity contribution in [3.8, 4) is 0 Å². The quantitative estimate of drug-likeness (QED) is 0.311. The zero-order valence-electron chi connectivity index (χ0n) is 8.58. The molecule has 0 amide bonds. The minimum atomic E-state index is -2.32. The fraction of sp³-hybridized carbons (Fsp3) is 1.00. The molecule has 0 spiro atoms. The SMILES string of the molecule is CCCCCCCCOS(=O)[O-].[K+]. The Labute approximate surface area is 126 Å². The molecular formula is C8H17KO3S. The second-order valence-corrected chi connectivity index (χ2v) is 3.44. The van der Waals surface area contributed by atoms with Gasteiger partial charge in [-0.25, -0.2) is 4.21 Å². The second-order valence-electron chi connectivity index (χ2n) is 2.79. The smallest absolute Gasteiger partial charge is 0.750 e. The van der Waals surface area contributed by atoms with E-state index in [1.165, 1.54) is 25.7 Å². The third kappa shape index (κ3) is 16.4. The van der Waals surface area contributed by atoms with E-state index in [-0.39, 0.29) is 51.4 Å². The second kappa shape index (κ2) is 13.7. The third-order valence-corrected chi connectivity index (χ3v) is 2.04. The van der Waals surface area contributed by atoms with E-state index in [0.717, 1.165) is 12.8 Å². The van der Waals surface area contributed by atoms with Gasteiger partial charge in [-0.15, -0.1) is 0 Å². The largest absolute Gasteiger partial charge is 1.00 e. The molecule has 0 aromatic carbocycles. The van der Waals surface area contributed by atoms with Gasteiger partial charge in [-0.2, -0.15) is 0 Å². The van der Waals surface area contributed by atoms with E-state index in [1.54, 1.807) is 0 Å². The van der Waals surface area contributed by atoms with Crippen LogP contribution in [0.25, 0.3) is 0 Å². The Hall–Kier alpha value is 1.71. The Morgan fingerprint density at radius 1 is 1.15 bits per heavy atom. The molecule has 0 aliphatic carbocycles. The van der Waals surface area contributed by atoms with Crippen molar-refractivity contribution in [2.24, 2.45) is 0 Å². The van der Waals surface area contributed by atoms with Crippen LogP contribution in [0.1, 0.15) is 45.4 Å². The molecule has 1 atom stereocenters. The Balaban J connectivity index is 0. The van der Waals surface area contributed by atoms with Gasteiger partial charge in [-0.1, -0.05) is 39.0 Å². The fourth-order valence-corrected chi connectivity index (χ4v) is 1.26. The number of hydrogen-bond donors (Lipinski definition) is 0. The molecule has 0 aromatic rings. The predicted octanol–water partition coefficient (Wildman–Crippen LogP) is -0.838. The van der Waals surface area contributed by atoms with Crippen LogP contribution in [-0.2, 0) is 15.5 Å². The summed E-state index contributed by atoms with van der Waals surface area (Å²) in [6.45, 7) is 2.51. The summed E-state index contributed by atoms with van der Waals surface area (Å²) < 4.78 is 24.2. The fourth-order valence-electron chi connectivity index (χ4n) is 1.01. The van der Waals surface area contributed by atoms with Crippen LogP contribution in [-0.4, -0.2) is 15.4 Å². The molecule has 0 heterocycles. The Morgan fingerprint density at radius 3 is 2.23 bits per heavy atom. The number of rotatable bonds is 8. The van der Waals surface area contributed by atoms with E-state index in [0.29, 0.717) is 6.61 Å². The minimum absolute atomic E-state index is 0. The Kier molecular flexibility index (Phi) is 18.0. The first-order valence-electron chi connectivity index (χ1n) is 4.50. The van der Waals surface area contributed by atoms with Crippen LogP contribution in [0.3, 0.4) is 0 Å². The van der Waals surface area contributed by atoms with Gasteiger partial charge in [-0.05, 0) is 6.42 Å². The monoisotopic (exact) mass is 232 g/mol. The van der Waals surface area contributed by atoms with Gasteiger partial charge in [-0.3, -0.25) is 0 Å². The zero-order chi connectivity index (χ0) is 9.23. The Morgan fingerprint density at radius 2 is 1.69 bits per heavy atom. The standard InChI is InChI=1S/C8H18O3S.K/c1-2-3-4-5-6-7-8-11-12(9)10;/h2-8H2,1H3,(H,9,10);/q;+1/p-1. The van der Waals surface area contributed by atoms with Gasteiger partial charge >= 0.3 is 51.4 Å². The van der Waals surface area contributed by atoms with E-state index in [4.69, 9.17) is 0 Å². The van der Waals surface area contributed by atoms with E-state index < -0.39 is 11.4 Å². The van der Waals surface area contributed by atoms with Crippen molar-refractivity contribution in [1.29, 1.82) is 0 Å². The van der Waals surface area contributed by atoms with E-state index >= 15 is 0 Å². The first kappa shape index (κ1) is 17.1. The van der Waals surface area contributed by atoms with Crippen LogP contribution < -0.4 is 51.4 Å². The van der Waals surface area contributed by atoms with Crippen molar-refractivity contribution in [2.75, 3.05) is 6.61 Å². The molecule has 0 aliphatic rings. The summed E-state index contributed by atoms with van der Waals surface area (Å²) in [7, 11) is 0. The molecule has 0 radical (unpaired) electrons. The number of unbranched alkanes of at least 4 members (excludes halogenated alkanes) is 5. The van der Waals surface area contributed by atoms with Crippen LogP contribution in [0.15, 0.2) is 0 Å². The summed E-state index contributed by atoms with van der Waals surface area (Å²) >= 11 is -2.32. The molecule has 0 fully saturated rings. The molecule has 3 nitrogen and oxygen atoms in total. The maximum Gasteiger partial charge on any atom is 1.00 e. The van der Waals surface area contributed by atoms with Crippen molar-refractivity contribution in [3.63, 3.8) is 0 Å². The van der Waals surface area contributed by atoms with Crippen LogP contribution in [0, 0.1) is 0 Å². The average molecular weight is 232 g/mol. The first-order chi connectivity index (χ1) is 5.77. The summed E-state index contributed by atoms with van der Waals surface area (Å²) in [5.41, 5.74) is 0. The minimum Gasteiger partial charge on any atom is -0.750 e. The van der Waals surface area contributed by atoms with E-state index in [1.807, 2.05) is 0 Å². The van der Waals surface area contributed by atoms with E-state index in [9.17, 15) is 8.76 Å². The third-order valence-electron chi connectivity index (χ3n) is 1.68. The van der Waals surface area contributed by atoms with Crippen molar-refractivity contribution >= 4 is 11.4 Å². The molecule has 13 heavy (non-hydrogen) atoms. The number of hydrogen-bond acceptors (Lipinski definition) is 3. The van der Waals surface area contributed by atoms with Crippen LogP contribution in [0.2, 0.25) is 0 Å². The van der Waals surface area contributed by atoms with Crippen LogP contribution in [0.5, 0.6) is 0 Å². The van der Waals surface area contributed by atoms with Gasteiger partial charge in [0.15, 0.2) is 0 Å². The molecule has 0 aliphatic heterocycles. The van der Waals surface area contributed by atoms with Crippen molar-refractivity contribution in [1.82, 2.24) is 0 Å². The summed E-state index contributed by atoms with van der Waals surface area (Å²) in [5.74, 6) is 0. The molecule has 0 bridgehead atoms. The summed E-state index contributed by atoms with van der Waals surface area (Å²) in [5, 5.41) is 0. The summed E-state index contributed by atoms with van der Waals surface area (Å²) in [6.07, 6.45) is 6.85. The molecule has 5 heteroatoms. The normalized spacial score (nSPS) is 12.2. The van der Waals surface area contributed by atoms with Crippen molar-refractivity contribution in [2.45, 2.75) is 45.4 Å². The summed E-state index contributed by atoms with van der Waals surface area (Å²) in [6, 6.07) is 0. The predicted molar refractivity (Wildman–Crippen MR) is 48.2 cm³/mol. The molecule has 74 valence electrons. The van der Waals surface area contributed by atoms with Gasteiger partial charge in [0, 0.05) is 0 Å². The van der Waals surface area contributed by atoms with Gasteiger partial charge < -0.3 is 8.74 Å². The van der Waals surface area contributed by atoms with Crippen LogP contribution in [0.4, 0.5) is 0 Å². The van der Waals surface area contributed by atoms with Crippen molar-refractivity contribution in [3.05, 3.63) is 0 Å². The van der Waals surface area contributed by atoms with E-state index in [2.05, 4.69) is 11.1 Å². The summed E-state index contributed by atoms with van der Waals surface area (Å²) in [4.78, 5) is 0. The molecule has 0 saturated heterocycles. The maximum absolute atomic E-state index is 9.91. The molecule has 0 saturated carbocycles. The zero-order valence-corrected chi connectivity index (χ0v) is 12.5. The first-order valence-corrected chi connectivity index (χ1v) is 5.50. The van der Waals surface area contributed by atoms with Gasteiger partial charge in [0.05, 0.1) is 18.0 Å². The molecular weight excluding hydrogens is 215 g/mol. The van der Waals surface area contributed by atoms with Gasteiger partial charge in [0.25, 0.3) is 0 Å². The molecule has 0 rings (SSSR count). The molecule has 1 unspecified atom stereocenters. The van der Waals surface area contributed by atoms with Gasteiger partial charge in [0.2, 0.25) is 0 Å². The topological polar surface area (TPSA) is 49.4 Å². The van der Waals surface area contributed by atoms with Crippen molar-refractivity contribution < 1.29 is 64.3 Å². The van der Waals surface area contributed by atoms with Gasteiger partial charge in [0.1, 0.15) is 0 Å². The molecule has 0 N–H and O–H groups in total. The van der Waals surface area contributed by atoms with Crippen LogP contribution >= 0.6 is 0 Å². The molecule has 0 aromatic heterocycles. The maximum atomic E-state index is 9.91. The average Bonchev–Trinajstić information content (AvgIpc) is 2.02.